The Kier molecular flexibility index (Phi) is 4.89. The summed E-state index contributed by atoms with van der Waals surface area (Å²) in [7, 11) is 0. The van der Waals surface area contributed by atoms with Crippen LogP contribution in [0.25, 0.3) is 0 Å². The highest BCUT2D eigenvalue weighted by Gasteiger charge is 2.40. The van der Waals surface area contributed by atoms with E-state index in [0.717, 1.165) is 31.7 Å². The van der Waals surface area contributed by atoms with Crippen LogP contribution in [0.5, 0.6) is 0 Å². The molecule has 5 heteroatoms. The Hall–Kier alpha value is -1.26. The van der Waals surface area contributed by atoms with E-state index in [2.05, 4.69) is 17.1 Å². The number of carbonyl (C=O) groups is 1. The molecule has 4 nitrogen and oxygen atoms in total. The molecule has 2 rings (SSSR count). The molecule has 1 aromatic carbocycles. The summed E-state index contributed by atoms with van der Waals surface area (Å²) in [5.41, 5.74) is 5.75. The van der Waals surface area contributed by atoms with E-state index in [0.29, 0.717) is 17.9 Å². The first-order chi connectivity index (χ1) is 9.57. The summed E-state index contributed by atoms with van der Waals surface area (Å²) >= 11 is 6.16. The summed E-state index contributed by atoms with van der Waals surface area (Å²) in [6.45, 7) is 5.00. The van der Waals surface area contributed by atoms with Crippen molar-refractivity contribution in [3.8, 4) is 0 Å². The van der Waals surface area contributed by atoms with Crippen LogP contribution in [0.4, 0.5) is 5.69 Å². The summed E-state index contributed by atoms with van der Waals surface area (Å²) in [6.07, 6.45) is 2.56. The molecule has 0 unspecified atom stereocenters. The van der Waals surface area contributed by atoms with Crippen molar-refractivity contribution >= 4 is 23.2 Å². The zero-order valence-electron chi connectivity index (χ0n) is 11.9. The second kappa shape index (κ2) is 6.46. The monoisotopic (exact) mass is 295 g/mol. The van der Waals surface area contributed by atoms with Gasteiger partial charge in [0.25, 0.3) is 0 Å². The molecule has 1 fully saturated rings. The first kappa shape index (κ1) is 15.1. The number of para-hydroxylation sites is 1. The smallest absolute Gasteiger partial charge is 0.243 e. The van der Waals surface area contributed by atoms with Gasteiger partial charge in [0.2, 0.25) is 5.91 Å². The number of carbonyl (C=O) groups excluding carboxylic acids is 1. The number of amides is 1. The van der Waals surface area contributed by atoms with Crippen LogP contribution < -0.4 is 11.1 Å². The van der Waals surface area contributed by atoms with Gasteiger partial charge in [0.1, 0.15) is 5.54 Å². The largest absolute Gasteiger partial charge is 0.370 e. The first-order valence-electron chi connectivity index (χ1n) is 7.12. The van der Waals surface area contributed by atoms with Crippen LogP contribution in [0.2, 0.25) is 5.02 Å². The van der Waals surface area contributed by atoms with Crippen LogP contribution in [0.3, 0.4) is 0 Å². The summed E-state index contributed by atoms with van der Waals surface area (Å²) < 4.78 is 0. The molecule has 0 atom stereocenters. The second-order valence-corrected chi connectivity index (χ2v) is 5.80. The fourth-order valence-corrected chi connectivity index (χ4v) is 2.91. The number of nitrogens with one attached hydrogen (secondary N) is 1. The fourth-order valence-electron chi connectivity index (χ4n) is 2.73. The van der Waals surface area contributed by atoms with Crippen LogP contribution in [0.1, 0.15) is 26.2 Å². The number of hydrogen-bond donors (Lipinski definition) is 2. The van der Waals surface area contributed by atoms with E-state index >= 15 is 0 Å². The number of anilines is 1. The van der Waals surface area contributed by atoms with E-state index in [-0.39, 0.29) is 5.91 Å². The molecular formula is C15H22ClN3O. The van der Waals surface area contributed by atoms with Crippen LogP contribution in [0, 0.1) is 0 Å². The maximum absolute atomic E-state index is 12.0. The van der Waals surface area contributed by atoms with E-state index in [9.17, 15) is 4.79 Å². The number of halogens is 1. The second-order valence-electron chi connectivity index (χ2n) is 5.39. The fraction of sp³-hybridized carbons (Fsp3) is 0.533. The number of likely N-dealkylation sites (tertiary alicyclic amines) is 1. The summed E-state index contributed by atoms with van der Waals surface area (Å²) in [5.74, 6) is -0.298. The molecule has 0 saturated carbocycles. The lowest BCUT2D eigenvalue weighted by Gasteiger charge is -2.40. The van der Waals surface area contributed by atoms with E-state index in [1.807, 2.05) is 24.3 Å². The normalized spacial score (nSPS) is 18.7. The van der Waals surface area contributed by atoms with Gasteiger partial charge in [-0.1, -0.05) is 30.7 Å². The standard InChI is InChI=1S/C15H22ClN3O/c1-2-9-19-10-7-15(8-11-19,14(17)20)18-13-6-4-3-5-12(13)16/h3-6,18H,2,7-11H2,1H3,(H2,17,20). The number of nitrogens with two attached hydrogens (primary N) is 1. The molecular weight excluding hydrogens is 274 g/mol. The Morgan fingerprint density at radius 2 is 2.05 bits per heavy atom. The summed E-state index contributed by atoms with van der Waals surface area (Å²) in [6, 6.07) is 7.46. The third-order valence-corrected chi connectivity index (χ3v) is 4.30. The van der Waals surface area contributed by atoms with Gasteiger partial charge in [-0.25, -0.2) is 0 Å². The quantitative estimate of drug-likeness (QED) is 0.877. The van der Waals surface area contributed by atoms with Gasteiger partial charge in [-0.15, -0.1) is 0 Å². The van der Waals surface area contributed by atoms with Crippen molar-refractivity contribution in [2.75, 3.05) is 25.0 Å². The molecule has 20 heavy (non-hydrogen) atoms. The number of hydrogen-bond acceptors (Lipinski definition) is 3. The maximum atomic E-state index is 12.0. The number of nitrogens with zero attached hydrogens (tertiary/aromatic N) is 1. The lowest BCUT2D eigenvalue weighted by molar-refractivity contribution is -0.123. The molecule has 1 amide bonds. The van der Waals surface area contributed by atoms with E-state index < -0.39 is 5.54 Å². The zero-order valence-corrected chi connectivity index (χ0v) is 12.6. The van der Waals surface area contributed by atoms with Gasteiger partial charge < -0.3 is 16.0 Å². The van der Waals surface area contributed by atoms with Gasteiger partial charge in [-0.2, -0.15) is 0 Å². The van der Waals surface area contributed by atoms with Gasteiger partial charge in [-0.3, -0.25) is 4.79 Å². The van der Waals surface area contributed by atoms with E-state index in [4.69, 9.17) is 17.3 Å². The average Bonchev–Trinajstić information content (AvgIpc) is 2.44. The highest BCUT2D eigenvalue weighted by molar-refractivity contribution is 6.33. The molecule has 1 aromatic rings. The number of primary amides is 1. The minimum atomic E-state index is -0.685. The minimum absolute atomic E-state index is 0.298. The van der Waals surface area contributed by atoms with Crippen molar-refractivity contribution in [3.63, 3.8) is 0 Å². The SMILES string of the molecule is CCCN1CCC(Nc2ccccc2Cl)(C(N)=O)CC1. The van der Waals surface area contributed by atoms with E-state index in [1.54, 1.807) is 0 Å². The lowest BCUT2D eigenvalue weighted by atomic mass is 9.86. The third-order valence-electron chi connectivity index (χ3n) is 3.97. The Balaban J connectivity index is 2.12. The maximum Gasteiger partial charge on any atom is 0.243 e. The van der Waals surface area contributed by atoms with Crippen molar-refractivity contribution in [1.82, 2.24) is 4.90 Å². The van der Waals surface area contributed by atoms with Gasteiger partial charge in [0.05, 0.1) is 10.7 Å². The zero-order chi connectivity index (χ0) is 14.6. The van der Waals surface area contributed by atoms with Crippen LogP contribution in [0.15, 0.2) is 24.3 Å². The van der Waals surface area contributed by atoms with Crippen molar-refractivity contribution in [2.24, 2.45) is 5.73 Å². The Morgan fingerprint density at radius 3 is 2.60 bits per heavy atom. The van der Waals surface area contributed by atoms with Crippen LogP contribution in [-0.4, -0.2) is 36.0 Å². The molecule has 0 spiro atoms. The molecule has 0 radical (unpaired) electrons. The predicted octanol–water partition coefficient (Wildman–Crippen LogP) is 2.48. The van der Waals surface area contributed by atoms with Crippen LogP contribution >= 0.6 is 11.6 Å². The molecule has 110 valence electrons. The molecule has 0 bridgehead atoms. The number of piperidine rings is 1. The molecule has 1 aliphatic rings. The van der Waals surface area contributed by atoms with Crippen LogP contribution in [-0.2, 0) is 4.79 Å². The molecule has 0 aliphatic carbocycles. The Morgan fingerprint density at radius 1 is 1.40 bits per heavy atom. The highest BCUT2D eigenvalue weighted by Crippen LogP contribution is 2.30. The van der Waals surface area contributed by atoms with Crippen molar-refractivity contribution < 1.29 is 4.79 Å². The van der Waals surface area contributed by atoms with Gasteiger partial charge in [0, 0.05) is 13.1 Å². The number of rotatable bonds is 5. The number of benzene rings is 1. The Bertz CT molecular complexity index is 470. The van der Waals surface area contributed by atoms with Gasteiger partial charge >= 0.3 is 0 Å². The van der Waals surface area contributed by atoms with Gasteiger partial charge in [-0.05, 0) is 37.9 Å². The average molecular weight is 296 g/mol. The topological polar surface area (TPSA) is 58.4 Å². The highest BCUT2D eigenvalue weighted by atomic mass is 35.5. The van der Waals surface area contributed by atoms with Crippen molar-refractivity contribution in [1.29, 1.82) is 0 Å². The molecule has 1 saturated heterocycles. The minimum Gasteiger partial charge on any atom is -0.370 e. The lowest BCUT2D eigenvalue weighted by Crippen LogP contribution is -2.57. The van der Waals surface area contributed by atoms with Crippen molar-refractivity contribution in [3.05, 3.63) is 29.3 Å². The third kappa shape index (κ3) is 3.25. The predicted molar refractivity (Wildman–Crippen MR) is 83.0 cm³/mol. The summed E-state index contributed by atoms with van der Waals surface area (Å²) in [4.78, 5) is 14.3. The Labute approximate surface area is 125 Å². The molecule has 3 N–H and O–H groups in total. The van der Waals surface area contributed by atoms with Gasteiger partial charge in [0.15, 0.2) is 0 Å². The first-order valence-corrected chi connectivity index (χ1v) is 7.50. The molecule has 1 aliphatic heterocycles. The molecule has 1 heterocycles. The van der Waals surface area contributed by atoms with E-state index in [1.165, 1.54) is 0 Å². The molecule has 0 aromatic heterocycles. The van der Waals surface area contributed by atoms with Crippen molar-refractivity contribution in [2.45, 2.75) is 31.7 Å². The summed E-state index contributed by atoms with van der Waals surface area (Å²) in [5, 5.41) is 3.91.